The van der Waals surface area contributed by atoms with Gasteiger partial charge in [0.05, 0.1) is 12.5 Å². The molecule has 1 aliphatic rings. The summed E-state index contributed by atoms with van der Waals surface area (Å²) in [7, 11) is 0. The summed E-state index contributed by atoms with van der Waals surface area (Å²) in [5.41, 5.74) is 0.934. The van der Waals surface area contributed by atoms with E-state index in [-0.39, 0.29) is 24.5 Å². The zero-order valence-electron chi connectivity index (χ0n) is 12.6. The molecule has 1 saturated carbocycles. The van der Waals surface area contributed by atoms with Crippen LogP contribution >= 0.6 is 0 Å². The highest BCUT2D eigenvalue weighted by molar-refractivity contribution is 5.76. The molecule has 6 heteroatoms. The van der Waals surface area contributed by atoms with Gasteiger partial charge in [0.25, 0.3) is 0 Å². The Balaban J connectivity index is 1.91. The maximum absolute atomic E-state index is 12.0. The molecule has 1 aliphatic carbocycles. The third-order valence-corrected chi connectivity index (χ3v) is 3.80. The van der Waals surface area contributed by atoms with Gasteiger partial charge in [0.1, 0.15) is 11.5 Å². The highest BCUT2D eigenvalue weighted by Crippen LogP contribution is 2.34. The van der Waals surface area contributed by atoms with E-state index in [0.717, 1.165) is 29.9 Å². The number of furan rings is 1. The predicted molar refractivity (Wildman–Crippen MR) is 77.0 cm³/mol. The van der Waals surface area contributed by atoms with Gasteiger partial charge in [-0.1, -0.05) is 0 Å². The fraction of sp³-hybridized carbons (Fsp3) is 0.600. The average Bonchev–Trinajstić information content (AvgIpc) is 3.13. The molecule has 0 aromatic carbocycles. The van der Waals surface area contributed by atoms with Crippen LogP contribution in [0.5, 0.6) is 0 Å². The average molecular weight is 294 g/mol. The summed E-state index contributed by atoms with van der Waals surface area (Å²) < 4.78 is 5.45. The number of rotatable bonds is 6. The van der Waals surface area contributed by atoms with Crippen molar-refractivity contribution in [2.45, 2.75) is 52.1 Å². The van der Waals surface area contributed by atoms with Crippen molar-refractivity contribution in [3.05, 3.63) is 23.2 Å². The lowest BCUT2D eigenvalue weighted by molar-refractivity contribution is -0.137. The summed E-state index contributed by atoms with van der Waals surface area (Å²) >= 11 is 0. The number of carboxylic acid groups (broad SMARTS) is 1. The molecular formula is C15H22N2O4. The Labute approximate surface area is 123 Å². The second-order valence-corrected chi connectivity index (χ2v) is 5.75. The first-order valence-electron chi connectivity index (χ1n) is 7.22. The highest BCUT2D eigenvalue weighted by atomic mass is 16.4. The SMILES string of the molecule is Cc1cc(C(C)NC(=O)NC(CC(=O)O)C2CC2)c(C)o1. The zero-order valence-corrected chi connectivity index (χ0v) is 12.6. The van der Waals surface area contributed by atoms with Crippen molar-refractivity contribution in [1.29, 1.82) is 0 Å². The van der Waals surface area contributed by atoms with Gasteiger partial charge >= 0.3 is 12.0 Å². The van der Waals surface area contributed by atoms with Crippen LogP contribution in [0.25, 0.3) is 0 Å². The molecule has 0 saturated heterocycles. The molecule has 2 amide bonds. The number of carbonyl (C=O) groups is 2. The molecule has 1 heterocycles. The topological polar surface area (TPSA) is 91.6 Å². The lowest BCUT2D eigenvalue weighted by Gasteiger charge is -2.19. The van der Waals surface area contributed by atoms with Crippen LogP contribution < -0.4 is 10.6 Å². The Bertz CT molecular complexity index is 534. The van der Waals surface area contributed by atoms with E-state index in [9.17, 15) is 9.59 Å². The lowest BCUT2D eigenvalue weighted by Crippen LogP contribution is -2.44. The van der Waals surface area contributed by atoms with Gasteiger partial charge < -0.3 is 20.2 Å². The molecule has 1 aromatic heterocycles. The van der Waals surface area contributed by atoms with Crippen molar-refractivity contribution in [3.63, 3.8) is 0 Å². The van der Waals surface area contributed by atoms with Gasteiger partial charge in [0, 0.05) is 11.6 Å². The smallest absolute Gasteiger partial charge is 0.315 e. The summed E-state index contributed by atoms with van der Waals surface area (Å²) in [4.78, 5) is 22.9. The Hall–Kier alpha value is -1.98. The minimum absolute atomic E-state index is 0.0314. The number of nitrogens with one attached hydrogen (secondary N) is 2. The van der Waals surface area contributed by atoms with Gasteiger partial charge in [-0.25, -0.2) is 4.79 Å². The first-order chi connectivity index (χ1) is 9.86. The number of hydrogen-bond donors (Lipinski definition) is 3. The van der Waals surface area contributed by atoms with Crippen molar-refractivity contribution < 1.29 is 19.1 Å². The first-order valence-corrected chi connectivity index (χ1v) is 7.22. The van der Waals surface area contributed by atoms with Crippen LogP contribution in [0.3, 0.4) is 0 Å². The van der Waals surface area contributed by atoms with Crippen molar-refractivity contribution in [3.8, 4) is 0 Å². The van der Waals surface area contributed by atoms with Gasteiger partial charge in [0.2, 0.25) is 0 Å². The minimum Gasteiger partial charge on any atom is -0.481 e. The molecule has 2 unspecified atom stereocenters. The van der Waals surface area contributed by atoms with Gasteiger partial charge in [-0.15, -0.1) is 0 Å². The molecule has 2 rings (SSSR count). The predicted octanol–water partition coefficient (Wildman–Crippen LogP) is 2.51. The molecule has 21 heavy (non-hydrogen) atoms. The summed E-state index contributed by atoms with van der Waals surface area (Å²) in [6, 6.07) is 1.09. The fourth-order valence-electron chi connectivity index (χ4n) is 2.59. The van der Waals surface area contributed by atoms with Crippen molar-refractivity contribution in [2.75, 3.05) is 0 Å². The van der Waals surface area contributed by atoms with E-state index in [1.54, 1.807) is 0 Å². The van der Waals surface area contributed by atoms with E-state index >= 15 is 0 Å². The van der Waals surface area contributed by atoms with E-state index in [1.165, 1.54) is 0 Å². The summed E-state index contributed by atoms with van der Waals surface area (Å²) in [5.74, 6) is 0.990. The van der Waals surface area contributed by atoms with Crippen molar-refractivity contribution in [2.24, 2.45) is 5.92 Å². The summed E-state index contributed by atoms with van der Waals surface area (Å²) in [6.45, 7) is 5.59. The van der Waals surface area contributed by atoms with Crippen LogP contribution in [0.15, 0.2) is 10.5 Å². The second-order valence-electron chi connectivity index (χ2n) is 5.75. The fourth-order valence-corrected chi connectivity index (χ4v) is 2.59. The largest absolute Gasteiger partial charge is 0.481 e. The van der Waals surface area contributed by atoms with Crippen LogP contribution in [0.2, 0.25) is 0 Å². The molecule has 1 aromatic rings. The van der Waals surface area contributed by atoms with Gasteiger partial charge in [-0.05, 0) is 45.6 Å². The van der Waals surface area contributed by atoms with E-state index in [1.807, 2.05) is 26.8 Å². The van der Waals surface area contributed by atoms with Crippen molar-refractivity contribution >= 4 is 12.0 Å². The van der Waals surface area contributed by atoms with E-state index < -0.39 is 5.97 Å². The highest BCUT2D eigenvalue weighted by Gasteiger charge is 2.34. The molecule has 1 fully saturated rings. The van der Waals surface area contributed by atoms with Crippen LogP contribution in [-0.2, 0) is 4.79 Å². The number of carboxylic acids is 1. The Morgan fingerprint density at radius 2 is 2.05 bits per heavy atom. The number of urea groups is 1. The number of carbonyl (C=O) groups excluding carboxylic acids is 1. The molecule has 116 valence electrons. The number of aliphatic carboxylic acids is 1. The number of aryl methyl sites for hydroxylation is 2. The zero-order chi connectivity index (χ0) is 15.6. The van der Waals surface area contributed by atoms with Gasteiger partial charge in [-0.3, -0.25) is 4.79 Å². The Morgan fingerprint density at radius 1 is 1.38 bits per heavy atom. The molecule has 2 atom stereocenters. The monoisotopic (exact) mass is 294 g/mol. The summed E-state index contributed by atoms with van der Waals surface area (Å²) in [5, 5.41) is 14.5. The third-order valence-electron chi connectivity index (χ3n) is 3.80. The standard InChI is InChI=1S/C15H22N2O4/c1-8-6-12(10(3)21-8)9(2)16-15(20)17-13(7-14(18)19)11-4-5-11/h6,9,11,13H,4-5,7H2,1-3H3,(H,18,19)(H2,16,17,20). The molecule has 0 spiro atoms. The van der Waals surface area contributed by atoms with Gasteiger partial charge in [0.15, 0.2) is 0 Å². The summed E-state index contributed by atoms with van der Waals surface area (Å²) in [6.07, 6.45) is 1.93. The van der Waals surface area contributed by atoms with Crippen molar-refractivity contribution in [1.82, 2.24) is 10.6 Å². The Kier molecular flexibility index (Phi) is 4.55. The molecule has 0 aliphatic heterocycles. The maximum Gasteiger partial charge on any atom is 0.315 e. The van der Waals surface area contributed by atoms with Crippen LogP contribution in [-0.4, -0.2) is 23.1 Å². The van der Waals surface area contributed by atoms with Crippen LogP contribution in [0, 0.1) is 19.8 Å². The maximum atomic E-state index is 12.0. The normalized spacial score (nSPS) is 17.1. The van der Waals surface area contributed by atoms with Crippen LogP contribution in [0.4, 0.5) is 4.79 Å². The molecule has 3 N–H and O–H groups in total. The minimum atomic E-state index is -0.887. The van der Waals surface area contributed by atoms with E-state index in [4.69, 9.17) is 9.52 Å². The van der Waals surface area contributed by atoms with Crippen LogP contribution in [0.1, 0.15) is 49.3 Å². The van der Waals surface area contributed by atoms with E-state index in [0.29, 0.717) is 5.92 Å². The Morgan fingerprint density at radius 3 is 2.52 bits per heavy atom. The van der Waals surface area contributed by atoms with Gasteiger partial charge in [-0.2, -0.15) is 0 Å². The third kappa shape index (κ3) is 4.24. The molecule has 6 nitrogen and oxygen atoms in total. The molecule has 0 bridgehead atoms. The quantitative estimate of drug-likeness (QED) is 0.751. The first kappa shape index (κ1) is 15.4. The van der Waals surface area contributed by atoms with E-state index in [2.05, 4.69) is 10.6 Å². The number of amides is 2. The molecular weight excluding hydrogens is 272 g/mol. The molecule has 0 radical (unpaired) electrons. The number of hydrogen-bond acceptors (Lipinski definition) is 3. The second kappa shape index (κ2) is 6.20. The lowest BCUT2D eigenvalue weighted by atomic mass is 10.1.